The molecule has 0 fully saturated rings. The molecule has 2 N–H and O–H groups in total. The third-order valence-corrected chi connectivity index (χ3v) is 3.27. The number of benzene rings is 1. The van der Waals surface area contributed by atoms with E-state index >= 15 is 0 Å². The van der Waals surface area contributed by atoms with Crippen molar-refractivity contribution in [1.82, 2.24) is 0 Å². The summed E-state index contributed by atoms with van der Waals surface area (Å²) in [6, 6.07) is 6.59. The van der Waals surface area contributed by atoms with E-state index in [1.54, 1.807) is 7.11 Å². The molecule has 0 heterocycles. The lowest BCUT2D eigenvalue weighted by molar-refractivity contribution is 0.121. The number of hydrogen-bond donors (Lipinski definition) is 1. The third-order valence-electron chi connectivity index (χ3n) is 3.27. The number of hydrogen-bond acceptors (Lipinski definition) is 2. The van der Waals surface area contributed by atoms with E-state index < -0.39 is 0 Å². The molecule has 15 heavy (non-hydrogen) atoms. The van der Waals surface area contributed by atoms with Gasteiger partial charge < -0.3 is 10.5 Å². The van der Waals surface area contributed by atoms with Crippen LogP contribution in [-0.4, -0.2) is 13.7 Å². The summed E-state index contributed by atoms with van der Waals surface area (Å²) in [6.07, 6.45) is 3.34. The van der Waals surface area contributed by atoms with Crippen LogP contribution in [0, 0.1) is 6.92 Å². The molecule has 1 aromatic carbocycles. The molecule has 2 heteroatoms. The van der Waals surface area contributed by atoms with E-state index in [1.807, 2.05) is 0 Å². The van der Waals surface area contributed by atoms with Gasteiger partial charge in [0.25, 0.3) is 0 Å². The lowest BCUT2D eigenvalue weighted by Gasteiger charge is -2.35. The maximum absolute atomic E-state index is 6.43. The maximum Gasteiger partial charge on any atom is 0.0684 e. The molecule has 1 atom stereocenters. The van der Waals surface area contributed by atoms with E-state index in [0.717, 1.165) is 19.3 Å². The predicted octanol–water partition coefficient (Wildman–Crippen LogP) is 2.13. The Morgan fingerprint density at radius 1 is 1.47 bits per heavy atom. The van der Waals surface area contributed by atoms with Crippen molar-refractivity contribution in [2.45, 2.75) is 31.7 Å². The SMILES string of the molecule is COCC1(N)CCCc2ccc(C)cc21. The molecule has 2 rings (SSSR count). The van der Waals surface area contributed by atoms with Gasteiger partial charge in [0.1, 0.15) is 0 Å². The lowest BCUT2D eigenvalue weighted by atomic mass is 9.77. The fourth-order valence-electron chi connectivity index (χ4n) is 2.51. The van der Waals surface area contributed by atoms with E-state index in [2.05, 4.69) is 25.1 Å². The van der Waals surface area contributed by atoms with Gasteiger partial charge in [0.2, 0.25) is 0 Å². The average molecular weight is 205 g/mol. The van der Waals surface area contributed by atoms with Crippen molar-refractivity contribution in [1.29, 1.82) is 0 Å². The Hall–Kier alpha value is -0.860. The summed E-state index contributed by atoms with van der Waals surface area (Å²) < 4.78 is 5.26. The minimum atomic E-state index is -0.269. The summed E-state index contributed by atoms with van der Waals surface area (Å²) in [7, 11) is 1.72. The normalized spacial score (nSPS) is 25.0. The van der Waals surface area contributed by atoms with E-state index in [9.17, 15) is 0 Å². The van der Waals surface area contributed by atoms with Crippen LogP contribution in [0.3, 0.4) is 0 Å². The van der Waals surface area contributed by atoms with Crippen LogP contribution in [0.5, 0.6) is 0 Å². The minimum absolute atomic E-state index is 0.269. The van der Waals surface area contributed by atoms with Crippen molar-refractivity contribution in [3.8, 4) is 0 Å². The first kappa shape index (κ1) is 10.7. The van der Waals surface area contributed by atoms with Gasteiger partial charge in [-0.1, -0.05) is 23.8 Å². The van der Waals surface area contributed by atoms with Gasteiger partial charge in [-0.3, -0.25) is 0 Å². The van der Waals surface area contributed by atoms with Crippen LogP contribution in [0.25, 0.3) is 0 Å². The predicted molar refractivity (Wildman–Crippen MR) is 61.9 cm³/mol. The van der Waals surface area contributed by atoms with Crippen molar-refractivity contribution < 1.29 is 4.74 Å². The molecule has 0 aliphatic heterocycles. The number of aryl methyl sites for hydroxylation is 2. The molecule has 1 unspecified atom stereocenters. The van der Waals surface area contributed by atoms with Gasteiger partial charge in [-0.2, -0.15) is 0 Å². The Morgan fingerprint density at radius 2 is 2.27 bits per heavy atom. The number of ether oxygens (including phenoxy) is 1. The van der Waals surface area contributed by atoms with Crippen LogP contribution in [0.15, 0.2) is 18.2 Å². The van der Waals surface area contributed by atoms with Crippen LogP contribution >= 0.6 is 0 Å². The molecule has 2 nitrogen and oxygen atoms in total. The van der Waals surface area contributed by atoms with Crippen LogP contribution in [0.2, 0.25) is 0 Å². The molecule has 0 saturated heterocycles. The molecule has 1 aliphatic rings. The number of rotatable bonds is 2. The van der Waals surface area contributed by atoms with Gasteiger partial charge in [-0.05, 0) is 37.3 Å². The van der Waals surface area contributed by atoms with Gasteiger partial charge in [-0.15, -0.1) is 0 Å². The molecule has 82 valence electrons. The van der Waals surface area contributed by atoms with Gasteiger partial charge in [0.15, 0.2) is 0 Å². The summed E-state index contributed by atoms with van der Waals surface area (Å²) in [5.74, 6) is 0. The average Bonchev–Trinajstić information content (AvgIpc) is 2.20. The van der Waals surface area contributed by atoms with Crippen molar-refractivity contribution in [2.75, 3.05) is 13.7 Å². The zero-order valence-electron chi connectivity index (χ0n) is 9.55. The monoisotopic (exact) mass is 205 g/mol. The fraction of sp³-hybridized carbons (Fsp3) is 0.538. The molecule has 0 bridgehead atoms. The second-order valence-corrected chi connectivity index (χ2v) is 4.60. The highest BCUT2D eigenvalue weighted by Crippen LogP contribution is 2.34. The Kier molecular flexibility index (Phi) is 2.81. The summed E-state index contributed by atoms with van der Waals surface area (Å²) in [4.78, 5) is 0. The van der Waals surface area contributed by atoms with Gasteiger partial charge in [0, 0.05) is 7.11 Å². The first-order valence-corrected chi connectivity index (χ1v) is 5.53. The number of nitrogens with two attached hydrogens (primary N) is 1. The zero-order valence-corrected chi connectivity index (χ0v) is 9.55. The van der Waals surface area contributed by atoms with Crippen LogP contribution in [-0.2, 0) is 16.7 Å². The summed E-state index contributed by atoms with van der Waals surface area (Å²) in [6.45, 7) is 2.73. The Bertz CT molecular complexity index is 362. The maximum atomic E-state index is 6.43. The molecule has 1 aromatic rings. The topological polar surface area (TPSA) is 35.2 Å². The van der Waals surface area contributed by atoms with Gasteiger partial charge >= 0.3 is 0 Å². The Balaban J connectivity index is 2.44. The number of methoxy groups -OCH3 is 1. The summed E-state index contributed by atoms with van der Waals surface area (Å²) >= 11 is 0. The highest BCUT2D eigenvalue weighted by atomic mass is 16.5. The first-order valence-electron chi connectivity index (χ1n) is 5.53. The fourth-order valence-corrected chi connectivity index (χ4v) is 2.51. The Morgan fingerprint density at radius 3 is 3.00 bits per heavy atom. The molecule has 1 aliphatic carbocycles. The molecule has 0 amide bonds. The van der Waals surface area contributed by atoms with Crippen LogP contribution < -0.4 is 5.73 Å². The quantitative estimate of drug-likeness (QED) is 0.802. The lowest BCUT2D eigenvalue weighted by Crippen LogP contribution is -2.44. The Labute approximate surface area is 91.4 Å². The van der Waals surface area contributed by atoms with E-state index in [4.69, 9.17) is 10.5 Å². The van der Waals surface area contributed by atoms with Gasteiger partial charge in [0.05, 0.1) is 12.1 Å². The second-order valence-electron chi connectivity index (χ2n) is 4.60. The highest BCUT2D eigenvalue weighted by molar-refractivity contribution is 5.39. The zero-order chi connectivity index (χ0) is 10.9. The van der Waals surface area contributed by atoms with E-state index in [-0.39, 0.29) is 5.54 Å². The van der Waals surface area contributed by atoms with Crippen molar-refractivity contribution in [3.63, 3.8) is 0 Å². The smallest absolute Gasteiger partial charge is 0.0684 e. The molecule has 0 radical (unpaired) electrons. The molecular weight excluding hydrogens is 186 g/mol. The van der Waals surface area contributed by atoms with E-state index in [1.165, 1.54) is 16.7 Å². The molecule has 0 aromatic heterocycles. The largest absolute Gasteiger partial charge is 0.382 e. The summed E-state index contributed by atoms with van der Waals surface area (Å²) in [5, 5.41) is 0. The van der Waals surface area contributed by atoms with Crippen molar-refractivity contribution >= 4 is 0 Å². The minimum Gasteiger partial charge on any atom is -0.382 e. The summed E-state index contributed by atoms with van der Waals surface area (Å²) in [5.41, 5.74) is 10.1. The molecular formula is C13H19NO. The third kappa shape index (κ3) is 1.92. The standard InChI is InChI=1S/C13H19NO/c1-10-5-6-11-4-3-7-13(14,9-15-2)12(11)8-10/h5-6,8H,3-4,7,9,14H2,1-2H3. The van der Waals surface area contributed by atoms with E-state index in [0.29, 0.717) is 6.61 Å². The second kappa shape index (κ2) is 3.95. The molecule has 0 saturated carbocycles. The van der Waals surface area contributed by atoms with Crippen molar-refractivity contribution in [3.05, 3.63) is 34.9 Å². The van der Waals surface area contributed by atoms with Crippen molar-refractivity contribution in [2.24, 2.45) is 5.73 Å². The van der Waals surface area contributed by atoms with Gasteiger partial charge in [-0.25, -0.2) is 0 Å². The van der Waals surface area contributed by atoms with Crippen LogP contribution in [0.4, 0.5) is 0 Å². The molecule has 0 spiro atoms. The highest BCUT2D eigenvalue weighted by Gasteiger charge is 2.32. The first-order chi connectivity index (χ1) is 7.15. The number of fused-ring (bicyclic) bond motifs is 1. The van der Waals surface area contributed by atoms with Crippen LogP contribution in [0.1, 0.15) is 29.5 Å².